The van der Waals surface area contributed by atoms with Gasteiger partial charge in [0.1, 0.15) is 17.9 Å². The van der Waals surface area contributed by atoms with E-state index in [1.54, 1.807) is 0 Å². The predicted molar refractivity (Wildman–Crippen MR) is 153 cm³/mol. The average molecular weight is 673 g/mol. The minimum absolute atomic E-state index is 0.157. The third kappa shape index (κ3) is 5.97. The third-order valence-electron chi connectivity index (χ3n) is 10.8. The summed E-state index contributed by atoms with van der Waals surface area (Å²) in [7, 11) is 0. The Kier molecular flexibility index (Phi) is 8.40. The van der Waals surface area contributed by atoms with Gasteiger partial charge in [0.05, 0.1) is 17.1 Å². The molecule has 258 valence electrons. The number of halogens is 6. The van der Waals surface area contributed by atoms with Crippen LogP contribution in [0.4, 0.5) is 31.1 Å². The summed E-state index contributed by atoms with van der Waals surface area (Å²) in [6, 6.07) is 2.44. The van der Waals surface area contributed by atoms with Crippen LogP contribution in [0.3, 0.4) is 0 Å². The van der Waals surface area contributed by atoms with Crippen LogP contribution in [0.2, 0.25) is 0 Å². The second-order valence-corrected chi connectivity index (χ2v) is 13.8. The highest BCUT2D eigenvalue weighted by atomic mass is 19.4. The zero-order chi connectivity index (χ0) is 33.2. The molecule has 2 aromatic rings. The number of likely N-dealkylation sites (tertiary alicyclic amines) is 1. The van der Waals surface area contributed by atoms with E-state index in [9.17, 15) is 36.2 Å². The summed E-state index contributed by atoms with van der Waals surface area (Å²) >= 11 is 0. The molecule has 2 saturated heterocycles. The summed E-state index contributed by atoms with van der Waals surface area (Å²) in [6.07, 6.45) is -3.61. The molecule has 3 saturated carbocycles. The summed E-state index contributed by atoms with van der Waals surface area (Å²) in [6.45, 7) is 0.157. The quantitative estimate of drug-likeness (QED) is 0.260. The van der Waals surface area contributed by atoms with E-state index >= 15 is 0 Å². The largest absolute Gasteiger partial charge is 0.446 e. The smallest absolute Gasteiger partial charge is 0.433 e. The molecule has 8 nitrogen and oxygen atoms in total. The highest BCUT2D eigenvalue weighted by Crippen LogP contribution is 2.57. The predicted octanol–water partition coefficient (Wildman–Crippen LogP) is 8.21. The van der Waals surface area contributed by atoms with Crippen molar-refractivity contribution in [2.75, 3.05) is 6.54 Å². The van der Waals surface area contributed by atoms with Gasteiger partial charge in [-0.25, -0.2) is 9.78 Å². The fourth-order valence-corrected chi connectivity index (χ4v) is 8.66. The number of ether oxygens (including phenoxy) is 2. The molecule has 1 amide bonds. The number of rotatable bonds is 3. The number of pyridine rings is 1. The van der Waals surface area contributed by atoms with Gasteiger partial charge in [0.15, 0.2) is 0 Å². The maximum absolute atomic E-state index is 13.9. The number of hydrogen-bond donors (Lipinski definition) is 1. The molecule has 2 aliphatic heterocycles. The van der Waals surface area contributed by atoms with Gasteiger partial charge in [-0.1, -0.05) is 25.0 Å². The van der Waals surface area contributed by atoms with Crippen LogP contribution in [0.1, 0.15) is 106 Å². The number of piperidine rings is 1. The van der Waals surface area contributed by atoms with E-state index in [-0.39, 0.29) is 42.2 Å². The number of carbonyl (C=O) groups excluding carboxylic acids is 1. The third-order valence-corrected chi connectivity index (χ3v) is 10.8. The number of fused-ring (bicyclic) bond motifs is 1. The molecule has 2 spiro atoms. The first kappa shape index (κ1) is 32.8. The van der Waals surface area contributed by atoms with Crippen LogP contribution in [0.15, 0.2) is 24.3 Å². The van der Waals surface area contributed by atoms with Gasteiger partial charge < -0.3 is 19.5 Å². The van der Waals surface area contributed by atoms with Gasteiger partial charge in [-0.2, -0.15) is 36.1 Å². The summed E-state index contributed by atoms with van der Waals surface area (Å²) in [5.74, 6) is -1.38. The first-order valence-electron chi connectivity index (χ1n) is 16.6. The number of alkyl halides is 6. The molecule has 4 atom stereocenters. The van der Waals surface area contributed by atoms with Crippen LogP contribution in [0.5, 0.6) is 0 Å². The van der Waals surface area contributed by atoms with Crippen LogP contribution < -0.4 is 0 Å². The maximum atomic E-state index is 13.9. The van der Waals surface area contributed by atoms with E-state index in [0.717, 1.165) is 44.6 Å². The van der Waals surface area contributed by atoms with Gasteiger partial charge in [-0.3, -0.25) is 0 Å². The molecule has 2 bridgehead atoms. The zero-order valence-electron chi connectivity index (χ0n) is 25.7. The van der Waals surface area contributed by atoms with Gasteiger partial charge in [-0.15, -0.1) is 0 Å². The Labute approximate surface area is 267 Å². The Hall–Kier alpha value is -2.68. The fourth-order valence-electron chi connectivity index (χ4n) is 8.66. The highest BCUT2D eigenvalue weighted by Gasteiger charge is 2.63. The van der Waals surface area contributed by atoms with E-state index < -0.39 is 65.0 Å². The van der Waals surface area contributed by atoms with Gasteiger partial charge in [-0.05, 0) is 75.5 Å². The van der Waals surface area contributed by atoms with Crippen molar-refractivity contribution in [1.82, 2.24) is 9.88 Å². The average Bonchev–Trinajstić information content (AvgIpc) is 3.36. The van der Waals surface area contributed by atoms with Crippen LogP contribution in [-0.4, -0.2) is 51.3 Å². The van der Waals surface area contributed by atoms with Crippen LogP contribution in [0, 0.1) is 11.8 Å². The molecule has 14 heteroatoms. The Balaban J connectivity index is 1.12. The van der Waals surface area contributed by atoms with Gasteiger partial charge in [0.2, 0.25) is 11.6 Å². The van der Waals surface area contributed by atoms with Gasteiger partial charge in [0, 0.05) is 36.6 Å². The van der Waals surface area contributed by atoms with E-state index in [0.29, 0.717) is 44.2 Å². The van der Waals surface area contributed by atoms with Crippen molar-refractivity contribution in [2.24, 2.45) is 11.8 Å². The topological polar surface area (TPSA) is 90.4 Å². The fraction of sp³-hybridized carbons (Fsp3) is 0.697. The second-order valence-electron chi connectivity index (χ2n) is 13.8. The molecule has 3 aliphatic carbocycles. The van der Waals surface area contributed by atoms with Crippen LogP contribution in [-0.2, 0) is 31.6 Å². The minimum atomic E-state index is -5.08. The lowest BCUT2D eigenvalue weighted by molar-refractivity contribution is -0.382. The van der Waals surface area contributed by atoms with Crippen molar-refractivity contribution in [2.45, 2.75) is 126 Å². The van der Waals surface area contributed by atoms with Crippen molar-refractivity contribution in [3.63, 3.8) is 0 Å². The summed E-state index contributed by atoms with van der Waals surface area (Å²) in [5.41, 5.74) is -4.21. The standard InChI is InChI=1S/C33H38F6N2O6/c34-32(35,36)24-13-5-12-22-23(17-26(33(37,38)39)40-27(22)24)28(42)25-14-1-2-16-41(25)29(43)44-21-11-6-15-30(18-21)45-31(47-46-30)19-7-3-8-20(31)10-4-9-19/h5,12-13,17,19-21,25,28,42H,1-4,6-11,14-16,18H2/t19?,20?,21-,25?,28?,30-,31?/m1/s1. The van der Waals surface area contributed by atoms with E-state index in [4.69, 9.17) is 19.2 Å². The Bertz CT molecular complexity index is 1480. The monoisotopic (exact) mass is 672 g/mol. The second kappa shape index (κ2) is 12.0. The number of aliphatic hydroxyl groups excluding tert-OH is 1. The number of benzene rings is 1. The Morgan fingerprint density at radius 1 is 0.936 bits per heavy atom. The molecule has 2 unspecified atom stereocenters. The van der Waals surface area contributed by atoms with E-state index in [1.165, 1.54) is 11.0 Å². The van der Waals surface area contributed by atoms with E-state index in [2.05, 4.69) is 4.98 Å². The van der Waals surface area contributed by atoms with Crippen molar-refractivity contribution >= 4 is 17.0 Å². The van der Waals surface area contributed by atoms with Gasteiger partial charge in [0.25, 0.3) is 0 Å². The lowest BCUT2D eigenvalue weighted by Gasteiger charge is -2.48. The molecular weight excluding hydrogens is 634 g/mol. The SMILES string of the molecule is O=C(O[C@@H]1CCC[C@]2(C1)OOC1(O2)C2CCCC1CCC2)N1CCCCC1C(O)c1cc(C(F)(F)F)nc2c(C(F)(F)F)cccc12. The number of nitrogens with zero attached hydrogens (tertiary/aromatic N) is 2. The molecule has 3 heterocycles. The van der Waals surface area contributed by atoms with Crippen LogP contribution >= 0.6 is 0 Å². The molecule has 1 aromatic heterocycles. The van der Waals surface area contributed by atoms with Crippen molar-refractivity contribution in [3.05, 3.63) is 41.1 Å². The van der Waals surface area contributed by atoms with Crippen LogP contribution in [0.25, 0.3) is 10.9 Å². The minimum Gasteiger partial charge on any atom is -0.446 e. The summed E-state index contributed by atoms with van der Waals surface area (Å²) < 4.78 is 95.7. The lowest BCUT2D eigenvalue weighted by Crippen LogP contribution is -2.54. The molecule has 47 heavy (non-hydrogen) atoms. The zero-order valence-corrected chi connectivity index (χ0v) is 25.7. The lowest BCUT2D eigenvalue weighted by atomic mass is 9.67. The summed E-state index contributed by atoms with van der Waals surface area (Å²) in [4.78, 5) is 30.3. The number of aliphatic hydroxyl groups is 1. The Morgan fingerprint density at radius 2 is 1.66 bits per heavy atom. The number of hydrogen-bond acceptors (Lipinski definition) is 7. The number of amides is 1. The molecule has 5 fully saturated rings. The molecule has 1 N–H and O–H groups in total. The number of carbonyl (C=O) groups is 1. The molecule has 1 aromatic carbocycles. The van der Waals surface area contributed by atoms with Crippen molar-refractivity contribution in [1.29, 1.82) is 0 Å². The Morgan fingerprint density at radius 3 is 2.34 bits per heavy atom. The molecule has 7 rings (SSSR count). The van der Waals surface area contributed by atoms with Crippen molar-refractivity contribution < 1.29 is 55.5 Å². The first-order chi connectivity index (χ1) is 22.3. The molecule has 5 aliphatic rings. The van der Waals surface area contributed by atoms with Crippen molar-refractivity contribution in [3.8, 4) is 0 Å². The normalized spacial score (nSPS) is 33.8. The number of aromatic nitrogens is 1. The van der Waals surface area contributed by atoms with Gasteiger partial charge >= 0.3 is 18.4 Å². The maximum Gasteiger partial charge on any atom is 0.433 e. The molecule has 0 radical (unpaired) electrons. The summed E-state index contributed by atoms with van der Waals surface area (Å²) in [5, 5.41) is 11.3. The van der Waals surface area contributed by atoms with E-state index in [1.807, 2.05) is 0 Å². The highest BCUT2D eigenvalue weighted by molar-refractivity contribution is 5.86. The molecular formula is C33H38F6N2O6. The number of para-hydroxylation sites is 1. The first-order valence-corrected chi connectivity index (χ1v) is 16.6.